The van der Waals surface area contributed by atoms with E-state index in [1.54, 1.807) is 20.0 Å². The Bertz CT molecular complexity index is 545. The van der Waals surface area contributed by atoms with Gasteiger partial charge in [-0.05, 0) is 69.4 Å². The number of aliphatic imine (C=N–C) groups is 1. The Balaban J connectivity index is 0.00000338. The smallest absolute Gasteiger partial charge is 0.191 e. The van der Waals surface area contributed by atoms with Crippen LogP contribution in [0.1, 0.15) is 49.7 Å². The topological polar surface area (TPSA) is 39.7 Å². The zero-order valence-electron chi connectivity index (χ0n) is 16.2. The molecule has 1 aromatic carbocycles. The Kier molecular flexibility index (Phi) is 11.8. The average molecular weight is 476 g/mol. The summed E-state index contributed by atoms with van der Waals surface area (Å²) in [5.41, 5.74) is 1.60. The summed E-state index contributed by atoms with van der Waals surface area (Å²) < 4.78 is 13.6. The molecule has 1 aromatic rings. The molecule has 0 aliphatic carbocycles. The van der Waals surface area contributed by atoms with Gasteiger partial charge >= 0.3 is 0 Å². The molecular weight excluding hydrogens is 442 g/mol. The number of nitrogens with zero attached hydrogens (tertiary/aromatic N) is 2. The van der Waals surface area contributed by atoms with Gasteiger partial charge in [0.05, 0.1) is 0 Å². The van der Waals surface area contributed by atoms with E-state index in [2.05, 4.69) is 20.5 Å². The van der Waals surface area contributed by atoms with Gasteiger partial charge in [0.1, 0.15) is 5.82 Å². The molecule has 4 nitrogen and oxygen atoms in total. The maximum atomic E-state index is 13.6. The zero-order chi connectivity index (χ0) is 17.9. The van der Waals surface area contributed by atoms with Gasteiger partial charge in [-0.3, -0.25) is 4.99 Å². The molecule has 1 aliphatic heterocycles. The van der Waals surface area contributed by atoms with Crippen LogP contribution in [-0.4, -0.2) is 44.1 Å². The molecule has 1 aliphatic rings. The summed E-state index contributed by atoms with van der Waals surface area (Å²) >= 11 is 0. The monoisotopic (exact) mass is 476 g/mol. The molecule has 26 heavy (non-hydrogen) atoms. The van der Waals surface area contributed by atoms with Crippen LogP contribution in [0.5, 0.6) is 0 Å². The van der Waals surface area contributed by atoms with Crippen molar-refractivity contribution in [3.05, 3.63) is 35.1 Å². The maximum absolute atomic E-state index is 13.6. The normalized spacial score (nSPS) is 15.4. The summed E-state index contributed by atoms with van der Waals surface area (Å²) in [6, 6.07) is 5.33. The van der Waals surface area contributed by atoms with E-state index in [0.717, 1.165) is 24.5 Å². The van der Waals surface area contributed by atoms with E-state index >= 15 is 0 Å². The number of benzene rings is 1. The number of rotatable bonds is 8. The first-order valence-electron chi connectivity index (χ1n) is 9.61. The van der Waals surface area contributed by atoms with E-state index in [-0.39, 0.29) is 29.8 Å². The highest BCUT2D eigenvalue weighted by atomic mass is 127. The molecular formula is C20H34FIN4. The summed E-state index contributed by atoms with van der Waals surface area (Å²) in [5, 5.41) is 6.57. The molecule has 0 saturated carbocycles. The van der Waals surface area contributed by atoms with Crippen LogP contribution in [-0.2, 0) is 6.54 Å². The highest BCUT2D eigenvalue weighted by Gasteiger charge is 2.08. The van der Waals surface area contributed by atoms with Crippen molar-refractivity contribution < 1.29 is 4.39 Å². The van der Waals surface area contributed by atoms with Gasteiger partial charge in [0.15, 0.2) is 5.96 Å². The minimum Gasteiger partial charge on any atom is -0.356 e. The van der Waals surface area contributed by atoms with Crippen molar-refractivity contribution in [2.24, 2.45) is 4.99 Å². The van der Waals surface area contributed by atoms with Gasteiger partial charge in [-0.1, -0.05) is 25.0 Å². The van der Waals surface area contributed by atoms with Crippen LogP contribution in [0.25, 0.3) is 0 Å². The van der Waals surface area contributed by atoms with E-state index in [1.165, 1.54) is 51.7 Å². The summed E-state index contributed by atoms with van der Waals surface area (Å²) in [4.78, 5) is 6.82. The van der Waals surface area contributed by atoms with Crippen molar-refractivity contribution in [1.29, 1.82) is 0 Å². The van der Waals surface area contributed by atoms with Crippen LogP contribution < -0.4 is 10.6 Å². The first-order chi connectivity index (χ1) is 12.2. The molecule has 1 fully saturated rings. The number of hydrogen-bond acceptors (Lipinski definition) is 2. The number of hydrogen-bond donors (Lipinski definition) is 2. The summed E-state index contributed by atoms with van der Waals surface area (Å²) in [5.74, 6) is 0.618. The fourth-order valence-electron chi connectivity index (χ4n) is 3.18. The van der Waals surface area contributed by atoms with Gasteiger partial charge in [-0.2, -0.15) is 0 Å². The minimum atomic E-state index is -0.157. The Hall–Kier alpha value is -0.890. The van der Waals surface area contributed by atoms with E-state index in [9.17, 15) is 4.39 Å². The second kappa shape index (κ2) is 13.3. The summed E-state index contributed by atoms with van der Waals surface area (Å²) in [6.45, 7) is 7.08. The summed E-state index contributed by atoms with van der Waals surface area (Å²) in [7, 11) is 1.77. The predicted octanol–water partition coefficient (Wildman–Crippen LogP) is 4.07. The van der Waals surface area contributed by atoms with Gasteiger partial charge in [-0.25, -0.2) is 4.39 Å². The Morgan fingerprint density at radius 2 is 1.88 bits per heavy atom. The largest absolute Gasteiger partial charge is 0.356 e. The number of likely N-dealkylation sites (tertiary alicyclic amines) is 1. The van der Waals surface area contributed by atoms with Crippen molar-refractivity contribution >= 4 is 29.9 Å². The van der Waals surface area contributed by atoms with Gasteiger partial charge < -0.3 is 15.5 Å². The lowest BCUT2D eigenvalue weighted by Gasteiger charge is -2.26. The number of halogens is 2. The van der Waals surface area contributed by atoms with Crippen LogP contribution in [0.2, 0.25) is 0 Å². The first kappa shape index (κ1) is 23.1. The summed E-state index contributed by atoms with van der Waals surface area (Å²) in [6.07, 6.45) is 7.80. The van der Waals surface area contributed by atoms with Gasteiger partial charge in [-0.15, -0.1) is 24.0 Å². The van der Waals surface area contributed by atoms with E-state index in [4.69, 9.17) is 0 Å². The van der Waals surface area contributed by atoms with Gasteiger partial charge in [0, 0.05) is 20.1 Å². The van der Waals surface area contributed by atoms with Crippen LogP contribution in [0.3, 0.4) is 0 Å². The molecule has 0 atom stereocenters. The quantitative estimate of drug-likeness (QED) is 0.257. The van der Waals surface area contributed by atoms with E-state index in [0.29, 0.717) is 12.1 Å². The van der Waals surface area contributed by atoms with Crippen molar-refractivity contribution in [1.82, 2.24) is 15.5 Å². The van der Waals surface area contributed by atoms with Gasteiger partial charge in [0.2, 0.25) is 0 Å². The van der Waals surface area contributed by atoms with E-state index in [1.807, 2.05) is 12.1 Å². The maximum Gasteiger partial charge on any atom is 0.191 e. The molecule has 0 amide bonds. The van der Waals surface area contributed by atoms with Gasteiger partial charge in [0.25, 0.3) is 0 Å². The Labute approximate surface area is 175 Å². The molecule has 0 unspecified atom stereocenters. The SMILES string of the molecule is CN=C(NCCCCCN1CCCCC1)NCc1ccc(C)c(F)c1.I. The predicted molar refractivity (Wildman–Crippen MR) is 119 cm³/mol. The van der Waals surface area contributed by atoms with Crippen LogP contribution >= 0.6 is 24.0 Å². The molecule has 0 spiro atoms. The number of guanidine groups is 1. The Morgan fingerprint density at radius 1 is 1.12 bits per heavy atom. The molecule has 6 heteroatoms. The van der Waals surface area contributed by atoms with Crippen molar-refractivity contribution in [3.8, 4) is 0 Å². The number of aryl methyl sites for hydroxylation is 1. The fraction of sp³-hybridized carbons (Fsp3) is 0.650. The molecule has 0 aromatic heterocycles. The molecule has 1 saturated heterocycles. The van der Waals surface area contributed by atoms with Crippen LogP contribution in [0, 0.1) is 12.7 Å². The highest BCUT2D eigenvalue weighted by Crippen LogP contribution is 2.10. The van der Waals surface area contributed by atoms with Crippen LogP contribution in [0.4, 0.5) is 4.39 Å². The lowest BCUT2D eigenvalue weighted by Crippen LogP contribution is -2.37. The average Bonchev–Trinajstić information content (AvgIpc) is 2.64. The number of unbranched alkanes of at least 4 members (excludes halogenated alkanes) is 2. The lowest BCUT2D eigenvalue weighted by molar-refractivity contribution is 0.224. The third-order valence-corrected chi connectivity index (χ3v) is 4.81. The fourth-order valence-corrected chi connectivity index (χ4v) is 3.18. The standard InChI is InChI=1S/C20H33FN4.HI/c1-17-9-10-18(15-19(17)21)16-24-20(22-2)23-11-5-3-6-12-25-13-7-4-8-14-25;/h9-10,15H,3-8,11-14,16H2,1-2H3,(H2,22,23,24);1H. The molecule has 2 rings (SSSR count). The minimum absolute atomic E-state index is 0. The van der Waals surface area contributed by atoms with E-state index < -0.39 is 0 Å². The molecule has 0 radical (unpaired) electrons. The lowest BCUT2D eigenvalue weighted by atomic mass is 10.1. The highest BCUT2D eigenvalue weighted by molar-refractivity contribution is 14.0. The van der Waals surface area contributed by atoms with Crippen molar-refractivity contribution in [3.63, 3.8) is 0 Å². The zero-order valence-corrected chi connectivity index (χ0v) is 18.5. The third kappa shape index (κ3) is 8.66. The molecule has 2 N–H and O–H groups in total. The first-order valence-corrected chi connectivity index (χ1v) is 9.61. The second-order valence-corrected chi connectivity index (χ2v) is 6.90. The number of nitrogens with one attached hydrogen (secondary N) is 2. The number of piperidine rings is 1. The molecule has 1 heterocycles. The van der Waals surface area contributed by atoms with Crippen molar-refractivity contribution in [2.75, 3.05) is 33.2 Å². The second-order valence-electron chi connectivity index (χ2n) is 6.90. The van der Waals surface area contributed by atoms with Crippen molar-refractivity contribution in [2.45, 2.75) is 52.0 Å². The molecule has 0 bridgehead atoms. The van der Waals surface area contributed by atoms with Crippen LogP contribution in [0.15, 0.2) is 23.2 Å². The molecule has 148 valence electrons. The third-order valence-electron chi connectivity index (χ3n) is 4.81. The Morgan fingerprint density at radius 3 is 2.58 bits per heavy atom.